The summed E-state index contributed by atoms with van der Waals surface area (Å²) in [5, 5.41) is 14.0. The first-order valence-electron chi connectivity index (χ1n) is 8.51. The van der Waals surface area contributed by atoms with Gasteiger partial charge >= 0.3 is 0 Å². The van der Waals surface area contributed by atoms with Crippen LogP contribution in [0.15, 0.2) is 30.5 Å². The molecule has 1 aromatic carbocycles. The second-order valence-corrected chi connectivity index (χ2v) is 6.90. The molecule has 1 atom stereocenters. The minimum Gasteiger partial charge on any atom is -0.283 e. The summed E-state index contributed by atoms with van der Waals surface area (Å²) in [4.78, 5) is 5.99. The van der Waals surface area contributed by atoms with Crippen LogP contribution in [-0.2, 0) is 6.54 Å². The standard InChI is InChI=1S/C18H20F2N6/c1-11-3-5-13(6-4-11)16-14(8-21-24-16)9-26-10-18(19,20)7-15(26)17-22-12(2)23-25-17/h3-6,8,15H,7,9-10H2,1-2H3,(H,21,24)(H,22,23,25)/t15-/m0/s1. The minimum atomic E-state index is -2.76. The highest BCUT2D eigenvalue weighted by molar-refractivity contribution is 5.62. The Morgan fingerprint density at radius 1 is 1.19 bits per heavy atom. The molecular weight excluding hydrogens is 338 g/mol. The average molecular weight is 358 g/mol. The van der Waals surface area contributed by atoms with Gasteiger partial charge in [-0.25, -0.2) is 13.8 Å². The molecule has 0 aliphatic carbocycles. The number of H-pyrrole nitrogens is 2. The third-order valence-corrected chi connectivity index (χ3v) is 4.71. The SMILES string of the molecule is Cc1ccc(-c2[nH]ncc2CN2CC(F)(F)C[C@H]2c2n[nH]c(C)n2)cc1. The maximum Gasteiger partial charge on any atom is 0.262 e. The number of hydrogen-bond acceptors (Lipinski definition) is 4. The number of aryl methyl sites for hydroxylation is 2. The summed E-state index contributed by atoms with van der Waals surface area (Å²) in [6, 6.07) is 7.52. The molecule has 0 unspecified atom stereocenters. The summed E-state index contributed by atoms with van der Waals surface area (Å²) in [7, 11) is 0. The second-order valence-electron chi connectivity index (χ2n) is 6.90. The fourth-order valence-corrected chi connectivity index (χ4v) is 3.43. The van der Waals surface area contributed by atoms with Gasteiger partial charge in [0.2, 0.25) is 0 Å². The summed E-state index contributed by atoms with van der Waals surface area (Å²) >= 11 is 0. The molecule has 1 saturated heterocycles. The fourth-order valence-electron chi connectivity index (χ4n) is 3.43. The van der Waals surface area contributed by atoms with Crippen LogP contribution in [0.4, 0.5) is 8.78 Å². The molecule has 0 saturated carbocycles. The van der Waals surface area contributed by atoms with E-state index in [0.717, 1.165) is 22.4 Å². The van der Waals surface area contributed by atoms with Crippen LogP contribution in [0.25, 0.3) is 11.3 Å². The minimum absolute atomic E-state index is 0.276. The van der Waals surface area contributed by atoms with Crippen LogP contribution in [0.3, 0.4) is 0 Å². The van der Waals surface area contributed by atoms with Crippen molar-refractivity contribution in [1.29, 1.82) is 0 Å². The Labute approximate surface area is 149 Å². The van der Waals surface area contributed by atoms with Gasteiger partial charge in [0.15, 0.2) is 5.82 Å². The van der Waals surface area contributed by atoms with E-state index in [1.165, 1.54) is 0 Å². The molecule has 1 fully saturated rings. The van der Waals surface area contributed by atoms with E-state index in [9.17, 15) is 8.78 Å². The third-order valence-electron chi connectivity index (χ3n) is 4.71. The smallest absolute Gasteiger partial charge is 0.262 e. The van der Waals surface area contributed by atoms with E-state index in [1.54, 1.807) is 18.0 Å². The van der Waals surface area contributed by atoms with E-state index in [0.29, 0.717) is 18.2 Å². The van der Waals surface area contributed by atoms with Gasteiger partial charge in [-0.1, -0.05) is 29.8 Å². The summed E-state index contributed by atoms with van der Waals surface area (Å²) in [5.74, 6) is -1.72. The lowest BCUT2D eigenvalue weighted by Gasteiger charge is -2.21. The van der Waals surface area contributed by atoms with Gasteiger partial charge in [-0.3, -0.25) is 15.1 Å². The zero-order valence-corrected chi connectivity index (χ0v) is 14.6. The van der Waals surface area contributed by atoms with Crippen molar-refractivity contribution in [3.63, 3.8) is 0 Å². The first-order valence-corrected chi connectivity index (χ1v) is 8.51. The van der Waals surface area contributed by atoms with E-state index in [4.69, 9.17) is 0 Å². The Morgan fingerprint density at radius 3 is 2.65 bits per heavy atom. The Kier molecular flexibility index (Phi) is 4.07. The lowest BCUT2D eigenvalue weighted by atomic mass is 10.1. The van der Waals surface area contributed by atoms with Gasteiger partial charge < -0.3 is 0 Å². The summed E-state index contributed by atoms with van der Waals surface area (Å²) in [6.07, 6.45) is 1.42. The van der Waals surface area contributed by atoms with Gasteiger partial charge in [0.25, 0.3) is 5.92 Å². The number of likely N-dealkylation sites (tertiary alicyclic amines) is 1. The number of nitrogens with zero attached hydrogens (tertiary/aromatic N) is 4. The highest BCUT2D eigenvalue weighted by Gasteiger charge is 2.47. The number of aromatic amines is 2. The number of aromatic nitrogens is 5. The molecule has 3 heterocycles. The van der Waals surface area contributed by atoms with Crippen LogP contribution in [0.2, 0.25) is 0 Å². The molecule has 2 aromatic heterocycles. The Balaban J connectivity index is 1.62. The van der Waals surface area contributed by atoms with Crippen molar-refractivity contribution in [3.8, 4) is 11.3 Å². The lowest BCUT2D eigenvalue weighted by Crippen LogP contribution is -2.26. The zero-order chi connectivity index (χ0) is 18.3. The largest absolute Gasteiger partial charge is 0.283 e. The van der Waals surface area contributed by atoms with Gasteiger partial charge in [0.05, 0.1) is 24.5 Å². The molecule has 0 bridgehead atoms. The molecule has 0 amide bonds. The van der Waals surface area contributed by atoms with Crippen molar-refractivity contribution in [1.82, 2.24) is 30.3 Å². The monoisotopic (exact) mass is 358 g/mol. The summed E-state index contributed by atoms with van der Waals surface area (Å²) in [6.45, 7) is 3.82. The van der Waals surface area contributed by atoms with Crippen LogP contribution in [0.1, 0.15) is 35.2 Å². The Hall–Kier alpha value is -2.61. The van der Waals surface area contributed by atoms with Crippen molar-refractivity contribution in [2.75, 3.05) is 6.54 Å². The van der Waals surface area contributed by atoms with Crippen LogP contribution < -0.4 is 0 Å². The van der Waals surface area contributed by atoms with Gasteiger partial charge in [0.1, 0.15) is 5.82 Å². The predicted molar refractivity (Wildman–Crippen MR) is 92.6 cm³/mol. The number of benzene rings is 1. The van der Waals surface area contributed by atoms with Crippen LogP contribution in [0.5, 0.6) is 0 Å². The van der Waals surface area contributed by atoms with E-state index in [-0.39, 0.29) is 13.0 Å². The molecule has 26 heavy (non-hydrogen) atoms. The highest BCUT2D eigenvalue weighted by Crippen LogP contribution is 2.41. The number of rotatable bonds is 4. The van der Waals surface area contributed by atoms with Gasteiger partial charge in [-0.15, -0.1) is 0 Å². The van der Waals surface area contributed by atoms with Crippen molar-refractivity contribution in [2.45, 2.75) is 38.8 Å². The first kappa shape index (κ1) is 16.8. The van der Waals surface area contributed by atoms with Gasteiger partial charge in [-0.2, -0.15) is 10.2 Å². The van der Waals surface area contributed by atoms with Crippen LogP contribution in [0, 0.1) is 13.8 Å². The number of hydrogen-bond donors (Lipinski definition) is 2. The van der Waals surface area contributed by atoms with Crippen molar-refractivity contribution in [3.05, 3.63) is 53.2 Å². The molecule has 0 radical (unpaired) electrons. The van der Waals surface area contributed by atoms with Crippen LogP contribution >= 0.6 is 0 Å². The van der Waals surface area contributed by atoms with Crippen molar-refractivity contribution >= 4 is 0 Å². The summed E-state index contributed by atoms with van der Waals surface area (Å²) < 4.78 is 28.2. The molecule has 0 spiro atoms. The number of halogens is 2. The van der Waals surface area contributed by atoms with E-state index < -0.39 is 12.0 Å². The topological polar surface area (TPSA) is 73.5 Å². The predicted octanol–water partition coefficient (Wildman–Crippen LogP) is 3.39. The Bertz CT molecular complexity index is 899. The maximum atomic E-state index is 14.1. The normalized spacial score (nSPS) is 19.9. The zero-order valence-electron chi connectivity index (χ0n) is 14.6. The fraction of sp³-hybridized carbons (Fsp3) is 0.389. The highest BCUT2D eigenvalue weighted by atomic mass is 19.3. The molecule has 3 aromatic rings. The van der Waals surface area contributed by atoms with Crippen molar-refractivity contribution < 1.29 is 8.78 Å². The molecule has 1 aliphatic heterocycles. The van der Waals surface area contributed by atoms with Gasteiger partial charge in [-0.05, 0) is 19.4 Å². The molecule has 136 valence electrons. The van der Waals surface area contributed by atoms with E-state index >= 15 is 0 Å². The van der Waals surface area contributed by atoms with E-state index in [1.807, 2.05) is 31.2 Å². The molecule has 4 rings (SSSR count). The third kappa shape index (κ3) is 3.24. The molecule has 8 heteroatoms. The second kappa shape index (κ2) is 6.28. The lowest BCUT2D eigenvalue weighted by molar-refractivity contribution is 0.0113. The molecular formula is C18H20F2N6. The van der Waals surface area contributed by atoms with Crippen molar-refractivity contribution in [2.24, 2.45) is 0 Å². The maximum absolute atomic E-state index is 14.1. The number of nitrogens with one attached hydrogen (secondary N) is 2. The Morgan fingerprint density at radius 2 is 1.96 bits per heavy atom. The molecule has 6 nitrogen and oxygen atoms in total. The number of alkyl halides is 2. The van der Waals surface area contributed by atoms with Gasteiger partial charge in [0, 0.05) is 18.5 Å². The van der Waals surface area contributed by atoms with Crippen LogP contribution in [-0.4, -0.2) is 42.7 Å². The average Bonchev–Trinajstić information content (AvgIpc) is 3.28. The molecule has 1 aliphatic rings. The first-order chi connectivity index (χ1) is 12.4. The summed E-state index contributed by atoms with van der Waals surface area (Å²) in [5.41, 5.74) is 3.88. The molecule has 2 N–H and O–H groups in total. The quantitative estimate of drug-likeness (QED) is 0.750. The van der Waals surface area contributed by atoms with E-state index in [2.05, 4.69) is 25.4 Å².